The third-order valence-corrected chi connectivity index (χ3v) is 4.53. The maximum Gasteiger partial charge on any atom is 0.251 e. The molecule has 2 aromatic carbocycles. The Balaban J connectivity index is 1.79. The molecule has 2 aromatic heterocycles. The van der Waals surface area contributed by atoms with Crippen molar-refractivity contribution in [2.75, 3.05) is 6.79 Å². The molecule has 0 bridgehead atoms. The molecule has 26 heavy (non-hydrogen) atoms. The Morgan fingerprint density at radius 1 is 1.00 bits per heavy atom. The summed E-state index contributed by atoms with van der Waals surface area (Å²) in [6.45, 7) is 2.15. The smallest absolute Gasteiger partial charge is 0.251 e. The first-order valence-electron chi connectivity index (χ1n) is 8.29. The van der Waals surface area contributed by atoms with Crippen molar-refractivity contribution < 1.29 is 9.47 Å². The molecule has 0 radical (unpaired) electrons. The van der Waals surface area contributed by atoms with Crippen molar-refractivity contribution in [1.82, 2.24) is 14.6 Å². The van der Waals surface area contributed by atoms with Crippen LogP contribution in [0.2, 0.25) is 0 Å². The Bertz CT molecular complexity index is 1190. The van der Waals surface area contributed by atoms with Gasteiger partial charge in [-0.1, -0.05) is 36.4 Å². The van der Waals surface area contributed by atoms with Gasteiger partial charge in [0.2, 0.25) is 6.79 Å². The van der Waals surface area contributed by atoms with Gasteiger partial charge in [0.05, 0.1) is 11.4 Å². The number of ether oxygens (including phenoxy) is 2. The number of hydrogen-bond donors (Lipinski definition) is 1. The van der Waals surface area contributed by atoms with Crippen LogP contribution < -0.4 is 15.0 Å². The van der Waals surface area contributed by atoms with Gasteiger partial charge in [-0.15, -0.1) is 0 Å². The molecule has 0 aliphatic carbocycles. The number of aromatic amines is 1. The van der Waals surface area contributed by atoms with Crippen LogP contribution in [-0.4, -0.2) is 21.4 Å². The predicted molar refractivity (Wildman–Crippen MR) is 97.5 cm³/mol. The highest BCUT2D eigenvalue weighted by Gasteiger charge is 2.19. The van der Waals surface area contributed by atoms with Crippen molar-refractivity contribution in [1.29, 1.82) is 0 Å². The number of aryl methyl sites for hydroxylation is 1. The van der Waals surface area contributed by atoms with Gasteiger partial charge in [-0.2, -0.15) is 5.10 Å². The first kappa shape index (κ1) is 14.8. The molecular formula is C20H15N3O3. The number of aromatic nitrogens is 3. The van der Waals surface area contributed by atoms with Gasteiger partial charge in [0.25, 0.3) is 5.56 Å². The van der Waals surface area contributed by atoms with E-state index in [1.165, 1.54) is 0 Å². The molecule has 0 spiro atoms. The lowest BCUT2D eigenvalue weighted by Gasteiger charge is -2.06. The van der Waals surface area contributed by atoms with Crippen molar-refractivity contribution in [2.24, 2.45) is 0 Å². The Morgan fingerprint density at radius 2 is 1.81 bits per heavy atom. The number of rotatable bonds is 2. The van der Waals surface area contributed by atoms with E-state index in [0.29, 0.717) is 11.4 Å². The Morgan fingerprint density at radius 3 is 2.65 bits per heavy atom. The molecule has 128 valence electrons. The number of nitrogens with zero attached hydrogens (tertiary/aromatic N) is 2. The number of fused-ring (bicyclic) bond motifs is 2. The third-order valence-electron chi connectivity index (χ3n) is 4.53. The highest BCUT2D eigenvalue weighted by Crippen LogP contribution is 2.38. The molecular weight excluding hydrogens is 330 g/mol. The van der Waals surface area contributed by atoms with Crippen LogP contribution in [0.1, 0.15) is 5.69 Å². The van der Waals surface area contributed by atoms with E-state index in [0.717, 1.165) is 33.8 Å². The van der Waals surface area contributed by atoms with Crippen LogP contribution in [0.5, 0.6) is 11.5 Å². The topological polar surface area (TPSA) is 68.6 Å². The second kappa shape index (κ2) is 5.49. The molecule has 4 aromatic rings. The number of nitrogens with one attached hydrogen (secondary N) is 1. The van der Waals surface area contributed by atoms with E-state index in [2.05, 4.69) is 10.1 Å². The van der Waals surface area contributed by atoms with Crippen molar-refractivity contribution in [3.8, 4) is 33.9 Å². The van der Waals surface area contributed by atoms with Gasteiger partial charge in [0, 0.05) is 17.2 Å². The molecule has 0 saturated carbocycles. The van der Waals surface area contributed by atoms with E-state index in [4.69, 9.17) is 9.47 Å². The average molecular weight is 345 g/mol. The first-order valence-corrected chi connectivity index (χ1v) is 8.29. The molecule has 3 heterocycles. The normalized spacial score (nSPS) is 12.7. The first-order chi connectivity index (χ1) is 12.7. The van der Waals surface area contributed by atoms with Crippen LogP contribution >= 0.6 is 0 Å². The summed E-state index contributed by atoms with van der Waals surface area (Å²) >= 11 is 0. The van der Waals surface area contributed by atoms with E-state index in [-0.39, 0.29) is 12.4 Å². The summed E-state index contributed by atoms with van der Waals surface area (Å²) in [5, 5.41) is 4.67. The summed E-state index contributed by atoms with van der Waals surface area (Å²) in [6, 6.07) is 17.1. The van der Waals surface area contributed by atoms with Gasteiger partial charge in [-0.05, 0) is 24.6 Å². The second-order valence-corrected chi connectivity index (χ2v) is 6.17. The van der Waals surface area contributed by atoms with Crippen LogP contribution in [0.4, 0.5) is 0 Å². The highest BCUT2D eigenvalue weighted by molar-refractivity contribution is 5.82. The van der Waals surface area contributed by atoms with Gasteiger partial charge in [-0.3, -0.25) is 4.79 Å². The minimum atomic E-state index is -0.168. The van der Waals surface area contributed by atoms with E-state index in [9.17, 15) is 4.79 Å². The molecule has 6 nitrogen and oxygen atoms in total. The van der Waals surface area contributed by atoms with E-state index in [1.807, 2.05) is 55.5 Å². The van der Waals surface area contributed by atoms with E-state index in [1.54, 1.807) is 10.6 Å². The number of benzene rings is 2. The molecule has 6 heteroatoms. The van der Waals surface area contributed by atoms with Crippen molar-refractivity contribution in [3.63, 3.8) is 0 Å². The van der Waals surface area contributed by atoms with E-state index >= 15 is 0 Å². The standard InChI is InChI=1S/C20H15N3O3/c1-12-19(14-7-8-16-17(9-14)26-11-25-16)20-21-18(24)10-15(23(20)22-12)13-5-3-2-4-6-13/h2-10H,11H2,1H3,(H,21,24). The Kier molecular flexibility index (Phi) is 3.12. The van der Waals surface area contributed by atoms with Crippen LogP contribution in [0.3, 0.4) is 0 Å². The predicted octanol–water partition coefficient (Wildman–Crippen LogP) is 3.39. The monoisotopic (exact) mass is 345 g/mol. The molecule has 1 aliphatic rings. The summed E-state index contributed by atoms with van der Waals surface area (Å²) in [4.78, 5) is 15.2. The summed E-state index contributed by atoms with van der Waals surface area (Å²) in [6.07, 6.45) is 0. The second-order valence-electron chi connectivity index (χ2n) is 6.17. The molecule has 1 N–H and O–H groups in total. The molecule has 0 unspecified atom stereocenters. The fourth-order valence-electron chi connectivity index (χ4n) is 3.37. The summed E-state index contributed by atoms with van der Waals surface area (Å²) < 4.78 is 12.7. The largest absolute Gasteiger partial charge is 0.454 e. The number of H-pyrrole nitrogens is 1. The quantitative estimate of drug-likeness (QED) is 0.605. The fourth-order valence-corrected chi connectivity index (χ4v) is 3.37. The van der Waals surface area contributed by atoms with Crippen LogP contribution in [-0.2, 0) is 0 Å². The zero-order chi connectivity index (χ0) is 17.7. The molecule has 0 fully saturated rings. The Labute approximate surface area is 148 Å². The maximum absolute atomic E-state index is 12.3. The average Bonchev–Trinajstić information content (AvgIpc) is 3.24. The fraction of sp³-hybridized carbons (Fsp3) is 0.100. The van der Waals surface area contributed by atoms with Crippen molar-refractivity contribution in [2.45, 2.75) is 6.92 Å². The zero-order valence-electron chi connectivity index (χ0n) is 14.0. The van der Waals surface area contributed by atoms with Crippen LogP contribution in [0.15, 0.2) is 59.4 Å². The lowest BCUT2D eigenvalue weighted by atomic mass is 10.1. The summed E-state index contributed by atoms with van der Waals surface area (Å²) in [5.41, 5.74) is 4.79. The van der Waals surface area contributed by atoms with Gasteiger partial charge in [0.1, 0.15) is 5.65 Å². The lowest BCUT2D eigenvalue weighted by Crippen LogP contribution is -2.09. The molecule has 1 aliphatic heterocycles. The SMILES string of the molecule is Cc1nn2c(-c3ccccc3)cc(=O)[nH]c2c1-c1ccc2c(c1)OCO2. The van der Waals surface area contributed by atoms with Crippen LogP contribution in [0.25, 0.3) is 28.0 Å². The third kappa shape index (κ3) is 2.19. The van der Waals surface area contributed by atoms with Crippen molar-refractivity contribution >= 4 is 5.65 Å². The zero-order valence-corrected chi connectivity index (χ0v) is 14.0. The van der Waals surface area contributed by atoms with Gasteiger partial charge >= 0.3 is 0 Å². The van der Waals surface area contributed by atoms with Gasteiger partial charge in [0.15, 0.2) is 11.5 Å². The lowest BCUT2D eigenvalue weighted by molar-refractivity contribution is 0.174. The molecule has 5 rings (SSSR count). The highest BCUT2D eigenvalue weighted by atomic mass is 16.7. The molecule has 0 atom stereocenters. The summed E-state index contributed by atoms with van der Waals surface area (Å²) in [5.74, 6) is 1.42. The maximum atomic E-state index is 12.3. The minimum absolute atomic E-state index is 0.168. The molecule has 0 amide bonds. The summed E-state index contributed by atoms with van der Waals surface area (Å²) in [7, 11) is 0. The molecule has 0 saturated heterocycles. The van der Waals surface area contributed by atoms with Crippen LogP contribution in [0, 0.1) is 6.92 Å². The van der Waals surface area contributed by atoms with Gasteiger partial charge in [-0.25, -0.2) is 4.52 Å². The van der Waals surface area contributed by atoms with Crippen molar-refractivity contribution in [3.05, 3.63) is 70.6 Å². The minimum Gasteiger partial charge on any atom is -0.454 e. The number of hydrogen-bond acceptors (Lipinski definition) is 4. The van der Waals surface area contributed by atoms with Gasteiger partial charge < -0.3 is 14.5 Å². The van der Waals surface area contributed by atoms with E-state index < -0.39 is 0 Å². The Hall–Kier alpha value is -3.54.